The van der Waals surface area contributed by atoms with Gasteiger partial charge < -0.3 is 9.67 Å². The predicted molar refractivity (Wildman–Crippen MR) is 85.4 cm³/mol. The fourth-order valence-electron chi connectivity index (χ4n) is 2.85. The molecule has 2 aromatic carbocycles. The van der Waals surface area contributed by atoms with E-state index in [1.807, 2.05) is 28.8 Å². The van der Waals surface area contributed by atoms with E-state index in [0.29, 0.717) is 13.0 Å². The summed E-state index contributed by atoms with van der Waals surface area (Å²) >= 11 is 0. The van der Waals surface area contributed by atoms with Crippen LogP contribution in [0.3, 0.4) is 0 Å². The molecule has 0 fully saturated rings. The van der Waals surface area contributed by atoms with Crippen LogP contribution in [0.1, 0.15) is 16.7 Å². The fraction of sp³-hybridized carbons (Fsp3) is 0.278. The molecular weight excluding hydrogens is 260 g/mol. The smallest absolute Gasteiger partial charge is 0.0959 e. The number of aliphatic hydroxyl groups excluding tert-OH is 1. The van der Waals surface area contributed by atoms with Crippen molar-refractivity contribution in [1.29, 1.82) is 0 Å². The lowest BCUT2D eigenvalue weighted by atomic mass is 9.97. The second-order valence-corrected chi connectivity index (χ2v) is 5.61. The van der Waals surface area contributed by atoms with E-state index in [1.165, 1.54) is 16.7 Å². The minimum absolute atomic E-state index is 0.414. The molecule has 0 aliphatic carbocycles. The van der Waals surface area contributed by atoms with Gasteiger partial charge in [-0.1, -0.05) is 30.3 Å². The van der Waals surface area contributed by atoms with E-state index < -0.39 is 6.10 Å². The van der Waals surface area contributed by atoms with Crippen molar-refractivity contribution in [2.24, 2.45) is 0 Å². The summed E-state index contributed by atoms with van der Waals surface area (Å²) in [5, 5.41) is 10.4. The molecule has 0 spiro atoms. The van der Waals surface area contributed by atoms with Gasteiger partial charge in [0.2, 0.25) is 0 Å². The molecule has 0 amide bonds. The van der Waals surface area contributed by atoms with Crippen molar-refractivity contribution in [1.82, 2.24) is 9.55 Å². The maximum absolute atomic E-state index is 10.4. The maximum atomic E-state index is 10.4. The van der Waals surface area contributed by atoms with E-state index in [4.69, 9.17) is 0 Å². The highest BCUT2D eigenvalue weighted by Gasteiger charge is 2.12. The Balaban J connectivity index is 1.79. The number of benzene rings is 2. The molecule has 3 rings (SSSR count). The van der Waals surface area contributed by atoms with Gasteiger partial charge in [-0.2, -0.15) is 0 Å². The highest BCUT2D eigenvalue weighted by atomic mass is 16.3. The molecule has 21 heavy (non-hydrogen) atoms. The standard InChI is InChI=1S/C18H20N2O/c1-13-6-5-7-14(2)16(13)10-15(21)11-20-12-19-17-8-3-4-9-18(17)20/h3-9,12,15,21H,10-11H2,1-2H3. The van der Waals surface area contributed by atoms with Gasteiger partial charge in [0.05, 0.1) is 30.0 Å². The summed E-state index contributed by atoms with van der Waals surface area (Å²) in [6.45, 7) is 4.76. The van der Waals surface area contributed by atoms with Gasteiger partial charge in [0, 0.05) is 6.42 Å². The van der Waals surface area contributed by atoms with Crippen molar-refractivity contribution in [3.8, 4) is 0 Å². The molecule has 0 saturated heterocycles. The third-order valence-electron chi connectivity index (χ3n) is 4.02. The van der Waals surface area contributed by atoms with Crippen LogP contribution in [0.25, 0.3) is 11.0 Å². The second-order valence-electron chi connectivity index (χ2n) is 5.61. The van der Waals surface area contributed by atoms with Crippen molar-refractivity contribution in [3.63, 3.8) is 0 Å². The first-order valence-electron chi connectivity index (χ1n) is 7.28. The summed E-state index contributed by atoms with van der Waals surface area (Å²) in [5.41, 5.74) is 5.76. The molecule has 3 heteroatoms. The Hall–Kier alpha value is -2.13. The van der Waals surface area contributed by atoms with Gasteiger partial charge in [0.15, 0.2) is 0 Å². The number of para-hydroxylation sites is 2. The lowest BCUT2D eigenvalue weighted by Gasteiger charge is -2.15. The Kier molecular flexibility index (Phi) is 3.76. The van der Waals surface area contributed by atoms with Gasteiger partial charge in [-0.25, -0.2) is 4.98 Å². The highest BCUT2D eigenvalue weighted by molar-refractivity contribution is 5.74. The first-order chi connectivity index (χ1) is 10.1. The van der Waals surface area contributed by atoms with E-state index in [0.717, 1.165) is 11.0 Å². The van der Waals surface area contributed by atoms with Gasteiger partial charge in [-0.3, -0.25) is 0 Å². The van der Waals surface area contributed by atoms with Crippen LogP contribution in [-0.4, -0.2) is 20.8 Å². The summed E-state index contributed by atoms with van der Waals surface area (Å²) in [6, 6.07) is 14.3. The van der Waals surface area contributed by atoms with Crippen LogP contribution >= 0.6 is 0 Å². The largest absolute Gasteiger partial charge is 0.391 e. The molecule has 1 heterocycles. The number of hydrogen-bond acceptors (Lipinski definition) is 2. The zero-order valence-electron chi connectivity index (χ0n) is 12.5. The number of aromatic nitrogens is 2. The van der Waals surface area contributed by atoms with E-state index in [9.17, 15) is 5.11 Å². The zero-order chi connectivity index (χ0) is 14.8. The van der Waals surface area contributed by atoms with Crippen molar-refractivity contribution >= 4 is 11.0 Å². The van der Waals surface area contributed by atoms with Crippen molar-refractivity contribution in [2.75, 3.05) is 0 Å². The Labute approximate surface area is 124 Å². The van der Waals surface area contributed by atoms with Crippen LogP contribution in [0, 0.1) is 13.8 Å². The molecule has 1 atom stereocenters. The monoisotopic (exact) mass is 280 g/mol. The Morgan fingerprint density at radius 3 is 2.52 bits per heavy atom. The first-order valence-corrected chi connectivity index (χ1v) is 7.28. The third kappa shape index (κ3) is 2.83. The predicted octanol–water partition coefficient (Wildman–Crippen LogP) is 3.26. The van der Waals surface area contributed by atoms with Crippen LogP contribution in [0.2, 0.25) is 0 Å². The quantitative estimate of drug-likeness (QED) is 0.796. The Morgan fingerprint density at radius 2 is 1.76 bits per heavy atom. The number of aliphatic hydroxyl groups is 1. The number of rotatable bonds is 4. The molecule has 0 bridgehead atoms. The van der Waals surface area contributed by atoms with E-state index in [-0.39, 0.29) is 0 Å². The van der Waals surface area contributed by atoms with Crippen molar-refractivity contribution in [2.45, 2.75) is 32.9 Å². The Bertz CT molecular complexity index is 741. The number of hydrogen-bond donors (Lipinski definition) is 1. The topological polar surface area (TPSA) is 38.0 Å². The van der Waals surface area contributed by atoms with E-state index in [1.54, 1.807) is 6.33 Å². The molecule has 3 nitrogen and oxygen atoms in total. The molecule has 1 aromatic heterocycles. The summed E-state index contributed by atoms with van der Waals surface area (Å²) in [5.74, 6) is 0. The molecule has 0 aliphatic rings. The van der Waals surface area contributed by atoms with Gasteiger partial charge in [-0.05, 0) is 42.7 Å². The SMILES string of the molecule is Cc1cccc(C)c1CC(O)Cn1cnc2ccccc21. The average Bonchev–Trinajstić information content (AvgIpc) is 2.87. The molecule has 1 N–H and O–H groups in total. The summed E-state index contributed by atoms with van der Waals surface area (Å²) in [6.07, 6.45) is 2.06. The van der Waals surface area contributed by atoms with Gasteiger partial charge in [0.1, 0.15) is 0 Å². The van der Waals surface area contributed by atoms with Gasteiger partial charge in [-0.15, -0.1) is 0 Å². The third-order valence-corrected chi connectivity index (χ3v) is 4.02. The van der Waals surface area contributed by atoms with E-state index >= 15 is 0 Å². The van der Waals surface area contributed by atoms with Crippen molar-refractivity contribution in [3.05, 3.63) is 65.5 Å². The van der Waals surface area contributed by atoms with Crippen LogP contribution < -0.4 is 0 Å². The molecule has 108 valence electrons. The van der Waals surface area contributed by atoms with Crippen LogP contribution in [0.15, 0.2) is 48.8 Å². The lowest BCUT2D eigenvalue weighted by Crippen LogP contribution is -2.19. The second kappa shape index (κ2) is 5.70. The maximum Gasteiger partial charge on any atom is 0.0959 e. The molecule has 1 unspecified atom stereocenters. The minimum atomic E-state index is -0.414. The molecule has 0 radical (unpaired) electrons. The van der Waals surface area contributed by atoms with Crippen molar-refractivity contribution < 1.29 is 5.11 Å². The highest BCUT2D eigenvalue weighted by Crippen LogP contribution is 2.17. The fourth-order valence-corrected chi connectivity index (χ4v) is 2.85. The van der Waals surface area contributed by atoms with Crippen LogP contribution in [0.4, 0.5) is 0 Å². The van der Waals surface area contributed by atoms with Gasteiger partial charge in [0.25, 0.3) is 0 Å². The summed E-state index contributed by atoms with van der Waals surface area (Å²) in [4.78, 5) is 4.37. The van der Waals surface area contributed by atoms with Crippen LogP contribution in [0.5, 0.6) is 0 Å². The minimum Gasteiger partial charge on any atom is -0.391 e. The Morgan fingerprint density at radius 1 is 1.05 bits per heavy atom. The number of nitrogens with zero attached hydrogens (tertiary/aromatic N) is 2. The number of imidazole rings is 1. The van der Waals surface area contributed by atoms with Crippen LogP contribution in [-0.2, 0) is 13.0 Å². The molecule has 0 aliphatic heterocycles. The normalized spacial score (nSPS) is 12.7. The number of aryl methyl sites for hydroxylation is 2. The average molecular weight is 280 g/mol. The zero-order valence-corrected chi connectivity index (χ0v) is 12.5. The molecule has 0 saturated carbocycles. The number of fused-ring (bicyclic) bond motifs is 1. The van der Waals surface area contributed by atoms with Gasteiger partial charge >= 0.3 is 0 Å². The summed E-state index contributed by atoms with van der Waals surface area (Å²) in [7, 11) is 0. The molecule has 3 aromatic rings. The summed E-state index contributed by atoms with van der Waals surface area (Å²) < 4.78 is 2.02. The first kappa shape index (κ1) is 13.8. The van der Waals surface area contributed by atoms with E-state index in [2.05, 4.69) is 37.0 Å². The lowest BCUT2D eigenvalue weighted by molar-refractivity contribution is 0.155. The molecular formula is C18H20N2O.